The number of carbonyl (C=O) groups excluding carboxylic acids is 2. The Morgan fingerprint density at radius 1 is 1.09 bits per heavy atom. The van der Waals surface area contributed by atoms with Crippen LogP contribution >= 0.6 is 0 Å². The fourth-order valence-electron chi connectivity index (χ4n) is 3.05. The minimum Gasteiger partial charge on any atom is -0.484 e. The minimum atomic E-state index is -0.347. The van der Waals surface area contributed by atoms with Gasteiger partial charge in [-0.1, -0.05) is 49.4 Å². The Bertz CT molecular complexity index is 721. The third kappa shape index (κ3) is 3.04. The highest BCUT2D eigenvalue weighted by atomic mass is 16.5. The standard InChI is InChI=1S/C20H20O3/c1-13(14(2)21)12-17-19(22)16-10-6-7-11-18(16)23-20(17)15-8-4-3-5-9-15/h3-11,13,17,20H,12H2,1-2H3. The first kappa shape index (κ1) is 15.5. The summed E-state index contributed by atoms with van der Waals surface area (Å²) in [6.07, 6.45) is 0.155. The molecule has 0 saturated heterocycles. The van der Waals surface area contributed by atoms with Crippen LogP contribution < -0.4 is 4.74 Å². The van der Waals surface area contributed by atoms with E-state index in [0.29, 0.717) is 17.7 Å². The first-order chi connectivity index (χ1) is 11.1. The quantitative estimate of drug-likeness (QED) is 0.848. The van der Waals surface area contributed by atoms with Crippen LogP contribution in [0.3, 0.4) is 0 Å². The number of fused-ring (bicyclic) bond motifs is 1. The Morgan fingerprint density at radius 3 is 2.43 bits per heavy atom. The van der Waals surface area contributed by atoms with Crippen LogP contribution in [0.2, 0.25) is 0 Å². The number of ether oxygens (including phenoxy) is 1. The van der Waals surface area contributed by atoms with Crippen LogP contribution in [-0.2, 0) is 4.79 Å². The fourth-order valence-corrected chi connectivity index (χ4v) is 3.05. The van der Waals surface area contributed by atoms with E-state index in [4.69, 9.17) is 4.74 Å². The average Bonchev–Trinajstić information content (AvgIpc) is 2.57. The average molecular weight is 308 g/mol. The van der Waals surface area contributed by atoms with Crippen molar-refractivity contribution in [3.05, 3.63) is 65.7 Å². The zero-order valence-electron chi connectivity index (χ0n) is 13.4. The maximum absolute atomic E-state index is 13.0. The first-order valence-electron chi connectivity index (χ1n) is 7.93. The van der Waals surface area contributed by atoms with Gasteiger partial charge in [-0.25, -0.2) is 0 Å². The molecule has 0 amide bonds. The normalized spacial score (nSPS) is 21.2. The Labute approximate surface area is 136 Å². The summed E-state index contributed by atoms with van der Waals surface area (Å²) in [5, 5.41) is 0. The Balaban J connectivity index is 2.01. The predicted molar refractivity (Wildman–Crippen MR) is 88.5 cm³/mol. The maximum atomic E-state index is 13.0. The molecule has 3 nitrogen and oxygen atoms in total. The molecule has 3 heteroatoms. The van der Waals surface area contributed by atoms with E-state index >= 15 is 0 Å². The topological polar surface area (TPSA) is 43.4 Å². The molecule has 118 valence electrons. The van der Waals surface area contributed by atoms with Gasteiger partial charge in [-0.3, -0.25) is 9.59 Å². The number of hydrogen-bond acceptors (Lipinski definition) is 3. The molecular formula is C20H20O3. The minimum absolute atomic E-state index is 0.0637. The van der Waals surface area contributed by atoms with Crippen LogP contribution in [0.15, 0.2) is 54.6 Å². The maximum Gasteiger partial charge on any atom is 0.173 e. The van der Waals surface area contributed by atoms with E-state index in [1.54, 1.807) is 13.0 Å². The van der Waals surface area contributed by atoms with E-state index < -0.39 is 0 Å². The summed E-state index contributed by atoms with van der Waals surface area (Å²) in [5.41, 5.74) is 1.58. The van der Waals surface area contributed by atoms with E-state index in [9.17, 15) is 9.59 Å². The number of hydrogen-bond donors (Lipinski definition) is 0. The number of benzene rings is 2. The molecule has 1 aliphatic rings. The van der Waals surface area contributed by atoms with Crippen molar-refractivity contribution in [2.75, 3.05) is 0 Å². The van der Waals surface area contributed by atoms with Gasteiger partial charge in [-0.05, 0) is 31.0 Å². The van der Waals surface area contributed by atoms with E-state index in [-0.39, 0.29) is 29.5 Å². The van der Waals surface area contributed by atoms with Gasteiger partial charge in [-0.15, -0.1) is 0 Å². The summed E-state index contributed by atoms with van der Waals surface area (Å²) in [5.74, 6) is 0.283. The predicted octanol–water partition coefficient (Wildman–Crippen LogP) is 4.23. The summed E-state index contributed by atoms with van der Waals surface area (Å²) in [6, 6.07) is 17.1. The molecule has 0 spiro atoms. The van der Waals surface area contributed by atoms with Gasteiger partial charge in [0.05, 0.1) is 11.5 Å². The zero-order valence-corrected chi connectivity index (χ0v) is 13.4. The molecule has 1 aliphatic heterocycles. The number of carbonyl (C=O) groups is 2. The van der Waals surface area contributed by atoms with Crippen LogP contribution in [0.5, 0.6) is 5.75 Å². The van der Waals surface area contributed by atoms with Crippen LogP contribution in [0, 0.1) is 11.8 Å². The SMILES string of the molecule is CC(=O)C(C)CC1C(=O)c2ccccc2OC1c1ccccc1. The molecule has 2 aromatic carbocycles. The van der Waals surface area contributed by atoms with Crippen molar-refractivity contribution in [2.24, 2.45) is 11.8 Å². The van der Waals surface area contributed by atoms with Gasteiger partial charge in [-0.2, -0.15) is 0 Å². The lowest BCUT2D eigenvalue weighted by Gasteiger charge is -2.33. The molecule has 3 atom stereocenters. The van der Waals surface area contributed by atoms with Crippen molar-refractivity contribution in [2.45, 2.75) is 26.4 Å². The molecule has 0 saturated carbocycles. The fraction of sp³-hybridized carbons (Fsp3) is 0.300. The van der Waals surface area contributed by atoms with Gasteiger partial charge in [0.1, 0.15) is 17.6 Å². The van der Waals surface area contributed by atoms with Gasteiger partial charge in [0.2, 0.25) is 0 Å². The van der Waals surface area contributed by atoms with E-state index in [0.717, 1.165) is 5.56 Å². The molecule has 3 rings (SSSR count). The van der Waals surface area contributed by atoms with Gasteiger partial charge >= 0.3 is 0 Å². The molecule has 0 aromatic heterocycles. The van der Waals surface area contributed by atoms with E-state index in [2.05, 4.69) is 0 Å². The lowest BCUT2D eigenvalue weighted by Crippen LogP contribution is -2.33. The molecule has 0 N–H and O–H groups in total. The Morgan fingerprint density at radius 2 is 1.74 bits per heavy atom. The summed E-state index contributed by atoms with van der Waals surface area (Å²) >= 11 is 0. The zero-order chi connectivity index (χ0) is 16.4. The molecule has 0 aliphatic carbocycles. The summed E-state index contributed by atoms with van der Waals surface area (Å²) in [7, 11) is 0. The number of para-hydroxylation sites is 1. The van der Waals surface area contributed by atoms with Crippen molar-refractivity contribution in [1.82, 2.24) is 0 Å². The summed E-state index contributed by atoms with van der Waals surface area (Å²) in [4.78, 5) is 24.6. The van der Waals surface area contributed by atoms with Gasteiger partial charge < -0.3 is 4.74 Å². The van der Waals surface area contributed by atoms with Crippen LogP contribution in [0.1, 0.15) is 42.3 Å². The van der Waals surface area contributed by atoms with Crippen molar-refractivity contribution < 1.29 is 14.3 Å². The molecule has 0 bridgehead atoms. The number of Topliss-reactive ketones (excluding diaryl/α,β-unsaturated/α-hetero) is 2. The number of rotatable bonds is 4. The van der Waals surface area contributed by atoms with Crippen molar-refractivity contribution in [1.29, 1.82) is 0 Å². The van der Waals surface area contributed by atoms with Crippen molar-refractivity contribution in [3.8, 4) is 5.75 Å². The van der Waals surface area contributed by atoms with Gasteiger partial charge in [0, 0.05) is 5.92 Å². The molecular weight excluding hydrogens is 288 g/mol. The molecule has 2 aromatic rings. The Kier molecular flexibility index (Phi) is 4.28. The summed E-state index contributed by atoms with van der Waals surface area (Å²) in [6.45, 7) is 3.45. The molecule has 0 radical (unpaired) electrons. The van der Waals surface area contributed by atoms with Gasteiger partial charge in [0.15, 0.2) is 5.78 Å². The second-order valence-electron chi connectivity index (χ2n) is 6.16. The smallest absolute Gasteiger partial charge is 0.173 e. The third-order valence-corrected chi connectivity index (χ3v) is 4.54. The second kappa shape index (κ2) is 6.37. The van der Waals surface area contributed by atoms with Crippen LogP contribution in [0.25, 0.3) is 0 Å². The van der Waals surface area contributed by atoms with E-state index in [1.165, 1.54) is 0 Å². The van der Waals surface area contributed by atoms with Crippen molar-refractivity contribution >= 4 is 11.6 Å². The molecule has 0 fully saturated rings. The highest BCUT2D eigenvalue weighted by Crippen LogP contribution is 2.41. The number of ketones is 2. The lowest BCUT2D eigenvalue weighted by atomic mass is 9.79. The largest absolute Gasteiger partial charge is 0.484 e. The molecule has 3 unspecified atom stereocenters. The van der Waals surface area contributed by atoms with Crippen LogP contribution in [0.4, 0.5) is 0 Å². The lowest BCUT2D eigenvalue weighted by molar-refractivity contribution is -0.120. The Hall–Kier alpha value is -2.42. The highest BCUT2D eigenvalue weighted by molar-refractivity contribution is 6.02. The second-order valence-corrected chi connectivity index (χ2v) is 6.16. The highest BCUT2D eigenvalue weighted by Gasteiger charge is 2.39. The first-order valence-corrected chi connectivity index (χ1v) is 7.93. The van der Waals surface area contributed by atoms with Crippen molar-refractivity contribution in [3.63, 3.8) is 0 Å². The van der Waals surface area contributed by atoms with Crippen LogP contribution in [-0.4, -0.2) is 11.6 Å². The van der Waals surface area contributed by atoms with E-state index in [1.807, 2.05) is 55.5 Å². The molecule has 23 heavy (non-hydrogen) atoms. The molecule has 1 heterocycles. The summed E-state index contributed by atoms with van der Waals surface area (Å²) < 4.78 is 6.15. The monoisotopic (exact) mass is 308 g/mol. The third-order valence-electron chi connectivity index (χ3n) is 4.54. The van der Waals surface area contributed by atoms with Gasteiger partial charge in [0.25, 0.3) is 0 Å².